The van der Waals surface area contributed by atoms with E-state index in [9.17, 15) is 18.9 Å². The molecule has 0 aliphatic heterocycles. The molecule has 0 spiro atoms. The standard InChI is InChI=1S/C44H60N3O9P/c1-6-54-57(51,55-7-2)40-25-32(22-23-38(40)52-28-30-16-10-8-11-17-30)24-37(47-43(50)56-44(3,4)5)42(49)46-36-21-15-14-20-33-26-39(35(41(45)48)27-34(33)36)53-29-31-18-12-9-13-19-31/h8,10-11,16-17,22-23,25-27,31,36-37H,6-7,9,12-15,18-21,24,28-29H2,1-5H3,(H2,45,48)(H,46,49)(H,47,50)/t36-,37-/m0/s1. The summed E-state index contributed by atoms with van der Waals surface area (Å²) in [6.45, 7) is 9.68. The van der Waals surface area contributed by atoms with Gasteiger partial charge in [-0.3, -0.25) is 14.2 Å². The molecule has 2 aliphatic rings. The first-order valence-corrected chi connectivity index (χ1v) is 21.9. The van der Waals surface area contributed by atoms with E-state index < -0.39 is 43.2 Å². The van der Waals surface area contributed by atoms with Crippen LogP contribution in [0.25, 0.3) is 0 Å². The molecule has 1 saturated carbocycles. The predicted octanol–water partition coefficient (Wildman–Crippen LogP) is 8.23. The highest BCUT2D eigenvalue weighted by atomic mass is 31.2. The predicted molar refractivity (Wildman–Crippen MR) is 220 cm³/mol. The number of nitrogens with one attached hydrogen (secondary N) is 2. The zero-order valence-corrected chi connectivity index (χ0v) is 35.0. The molecule has 57 heavy (non-hydrogen) atoms. The Balaban J connectivity index is 1.45. The Morgan fingerprint density at radius 2 is 1.54 bits per heavy atom. The number of alkyl carbamates (subject to hydrolysis) is 1. The average Bonchev–Trinajstić information content (AvgIpc) is 3.37. The summed E-state index contributed by atoms with van der Waals surface area (Å²) in [5.41, 5.74) is 8.64. The third-order valence-electron chi connectivity index (χ3n) is 10.2. The summed E-state index contributed by atoms with van der Waals surface area (Å²) in [6, 6.07) is 16.8. The minimum atomic E-state index is -3.87. The van der Waals surface area contributed by atoms with Crippen LogP contribution >= 0.6 is 7.60 Å². The van der Waals surface area contributed by atoms with E-state index in [0.717, 1.165) is 48.8 Å². The number of carbonyl (C=O) groups excluding carboxylic acids is 3. The molecular weight excluding hydrogens is 745 g/mol. The third kappa shape index (κ3) is 12.6. The molecule has 0 saturated heterocycles. The molecule has 310 valence electrons. The second kappa shape index (κ2) is 20.4. The van der Waals surface area contributed by atoms with Crippen LogP contribution in [0.3, 0.4) is 0 Å². The van der Waals surface area contributed by atoms with Gasteiger partial charge in [-0.1, -0.05) is 62.1 Å². The van der Waals surface area contributed by atoms with E-state index in [1.165, 1.54) is 19.3 Å². The van der Waals surface area contributed by atoms with Crippen molar-refractivity contribution in [3.8, 4) is 11.5 Å². The first-order valence-electron chi connectivity index (χ1n) is 20.4. The van der Waals surface area contributed by atoms with Crippen LogP contribution in [0.15, 0.2) is 60.7 Å². The van der Waals surface area contributed by atoms with E-state index in [-0.39, 0.29) is 37.1 Å². The van der Waals surface area contributed by atoms with Gasteiger partial charge in [-0.15, -0.1) is 0 Å². The van der Waals surface area contributed by atoms with E-state index in [1.54, 1.807) is 58.9 Å². The van der Waals surface area contributed by atoms with E-state index >= 15 is 0 Å². The average molecular weight is 806 g/mol. The van der Waals surface area contributed by atoms with E-state index in [1.807, 2.05) is 36.4 Å². The fourth-order valence-electron chi connectivity index (χ4n) is 7.47. The molecule has 1 fully saturated rings. The molecule has 0 radical (unpaired) electrons. The first kappa shape index (κ1) is 43.7. The molecule has 2 aliphatic carbocycles. The fraction of sp³-hybridized carbons (Fsp3) is 0.523. The van der Waals surface area contributed by atoms with Gasteiger partial charge in [0.2, 0.25) is 5.91 Å². The second-order valence-electron chi connectivity index (χ2n) is 15.8. The number of rotatable bonds is 17. The van der Waals surface area contributed by atoms with Crippen LogP contribution in [0, 0.1) is 5.92 Å². The molecule has 4 N–H and O–H groups in total. The summed E-state index contributed by atoms with van der Waals surface area (Å²) in [5, 5.41) is 6.17. The molecule has 2 atom stereocenters. The molecule has 0 unspecified atom stereocenters. The Hall–Kier alpha value is -4.38. The summed E-state index contributed by atoms with van der Waals surface area (Å²) < 4.78 is 43.8. The third-order valence-corrected chi connectivity index (χ3v) is 12.3. The number of hydrogen-bond acceptors (Lipinski definition) is 9. The van der Waals surface area contributed by atoms with Crippen molar-refractivity contribution in [2.75, 3.05) is 19.8 Å². The lowest BCUT2D eigenvalue weighted by atomic mass is 9.90. The van der Waals surface area contributed by atoms with Gasteiger partial charge in [0, 0.05) is 6.42 Å². The number of benzene rings is 3. The van der Waals surface area contributed by atoms with Crippen molar-refractivity contribution in [2.45, 2.75) is 123 Å². The Morgan fingerprint density at radius 3 is 2.21 bits per heavy atom. The van der Waals surface area contributed by atoms with Gasteiger partial charge in [0.15, 0.2) is 0 Å². The Kier molecular flexibility index (Phi) is 15.6. The smallest absolute Gasteiger partial charge is 0.408 e. The van der Waals surface area contributed by atoms with Gasteiger partial charge in [-0.05, 0) is 119 Å². The number of fused-ring (bicyclic) bond motifs is 1. The molecular formula is C44H60N3O9P. The summed E-state index contributed by atoms with van der Waals surface area (Å²) in [4.78, 5) is 40.4. The van der Waals surface area contributed by atoms with Gasteiger partial charge in [0.1, 0.15) is 35.1 Å². The molecule has 0 bridgehead atoms. The maximum Gasteiger partial charge on any atom is 0.408 e. The Labute approximate surface area is 337 Å². The van der Waals surface area contributed by atoms with Crippen molar-refractivity contribution in [3.05, 3.63) is 88.5 Å². The van der Waals surface area contributed by atoms with Crippen molar-refractivity contribution in [1.29, 1.82) is 0 Å². The number of primary amides is 1. The summed E-state index contributed by atoms with van der Waals surface area (Å²) >= 11 is 0. The monoisotopic (exact) mass is 805 g/mol. The van der Waals surface area contributed by atoms with Crippen LogP contribution in [-0.2, 0) is 42.6 Å². The number of hydrogen-bond donors (Lipinski definition) is 3. The zero-order chi connectivity index (χ0) is 41.0. The van der Waals surface area contributed by atoms with Crippen molar-refractivity contribution in [3.63, 3.8) is 0 Å². The molecule has 5 rings (SSSR count). The van der Waals surface area contributed by atoms with Gasteiger partial charge in [-0.2, -0.15) is 0 Å². The van der Waals surface area contributed by atoms with Gasteiger partial charge < -0.3 is 39.6 Å². The highest BCUT2D eigenvalue weighted by Gasteiger charge is 2.34. The molecule has 3 aromatic carbocycles. The van der Waals surface area contributed by atoms with E-state index in [4.69, 9.17) is 29.0 Å². The first-order chi connectivity index (χ1) is 27.3. The van der Waals surface area contributed by atoms with Crippen LogP contribution in [0.1, 0.15) is 125 Å². The maximum absolute atomic E-state index is 14.4. The topological polar surface area (TPSA) is 165 Å². The molecule has 3 aromatic rings. The Bertz CT molecular complexity index is 1860. The normalized spacial score (nSPS) is 16.8. The highest BCUT2D eigenvalue weighted by Crippen LogP contribution is 2.49. The summed E-state index contributed by atoms with van der Waals surface area (Å²) in [6.07, 6.45) is 8.14. The van der Waals surface area contributed by atoms with Crippen LogP contribution in [0.2, 0.25) is 0 Å². The van der Waals surface area contributed by atoms with E-state index in [0.29, 0.717) is 36.0 Å². The number of aryl methyl sites for hydroxylation is 1. The van der Waals surface area contributed by atoms with Crippen LogP contribution in [-0.4, -0.2) is 49.4 Å². The fourth-order valence-corrected chi connectivity index (χ4v) is 9.23. The summed E-state index contributed by atoms with van der Waals surface area (Å²) in [7, 11) is -3.87. The maximum atomic E-state index is 14.4. The molecule has 12 nitrogen and oxygen atoms in total. The SMILES string of the molecule is CCOP(=O)(OCC)c1cc(C[C@H](NC(=O)OC(C)(C)C)C(=O)N[C@H]2CCCCc3cc(OCC4CCCCC4)c(C(N)=O)cc32)ccc1OCc1ccccc1. The Morgan fingerprint density at radius 1 is 0.842 bits per heavy atom. The van der Waals surface area contributed by atoms with Crippen LogP contribution < -0.4 is 31.1 Å². The van der Waals surface area contributed by atoms with Crippen LogP contribution in [0.5, 0.6) is 11.5 Å². The molecule has 3 amide bonds. The van der Waals surface area contributed by atoms with Gasteiger partial charge in [0.05, 0.1) is 31.4 Å². The van der Waals surface area contributed by atoms with Gasteiger partial charge in [-0.25, -0.2) is 4.79 Å². The number of carbonyl (C=O) groups is 3. The minimum absolute atomic E-state index is 0.00927. The lowest BCUT2D eigenvalue weighted by Crippen LogP contribution is -2.50. The number of ether oxygens (including phenoxy) is 3. The minimum Gasteiger partial charge on any atom is -0.492 e. The molecule has 0 heterocycles. The number of nitrogens with two attached hydrogens (primary N) is 1. The van der Waals surface area contributed by atoms with Crippen LogP contribution in [0.4, 0.5) is 4.79 Å². The van der Waals surface area contributed by atoms with Gasteiger partial charge >= 0.3 is 13.7 Å². The largest absolute Gasteiger partial charge is 0.492 e. The van der Waals surface area contributed by atoms with E-state index in [2.05, 4.69) is 10.6 Å². The van der Waals surface area contributed by atoms with Gasteiger partial charge in [0.25, 0.3) is 5.91 Å². The van der Waals surface area contributed by atoms with Crippen molar-refractivity contribution in [2.24, 2.45) is 11.7 Å². The molecule has 13 heteroatoms. The second-order valence-corrected chi connectivity index (χ2v) is 17.8. The summed E-state index contributed by atoms with van der Waals surface area (Å²) in [5.74, 6) is 0.182. The quantitative estimate of drug-likeness (QED) is 0.0901. The lowest BCUT2D eigenvalue weighted by Gasteiger charge is -2.27. The van der Waals surface area contributed by atoms with Crippen molar-refractivity contribution < 1.29 is 42.2 Å². The molecule has 0 aromatic heterocycles. The lowest BCUT2D eigenvalue weighted by molar-refractivity contribution is -0.124. The highest BCUT2D eigenvalue weighted by molar-refractivity contribution is 7.62. The zero-order valence-electron chi connectivity index (χ0n) is 34.1. The van der Waals surface area contributed by atoms with Crippen molar-refractivity contribution in [1.82, 2.24) is 10.6 Å². The number of amides is 3. The van der Waals surface area contributed by atoms with Crippen molar-refractivity contribution >= 4 is 30.8 Å².